The number of quaternary nitrogens is 1. The molecule has 4 heterocycles. The number of allylic oxidation sites excluding steroid dienone is 2. The third-order valence-corrected chi connectivity index (χ3v) is 9.97. The number of fused-ring (bicyclic) bond motifs is 2. The van der Waals surface area contributed by atoms with Gasteiger partial charge in [0.05, 0.1) is 29.2 Å². The summed E-state index contributed by atoms with van der Waals surface area (Å²) < 4.78 is 5.54. The first-order chi connectivity index (χ1) is 22.5. The van der Waals surface area contributed by atoms with Crippen molar-refractivity contribution in [1.29, 1.82) is 0 Å². The smallest absolute Gasteiger partial charge is 0.410 e. The zero-order valence-corrected chi connectivity index (χ0v) is 26.1. The van der Waals surface area contributed by atoms with Gasteiger partial charge in [-0.15, -0.1) is 4.00 Å². The summed E-state index contributed by atoms with van der Waals surface area (Å²) >= 11 is 7.36. The van der Waals surface area contributed by atoms with Crippen molar-refractivity contribution in [2.24, 2.45) is 15.9 Å². The third-order valence-electron chi connectivity index (χ3n) is 9.52. The van der Waals surface area contributed by atoms with Gasteiger partial charge in [0.25, 0.3) is 5.84 Å². The molecular formula is C37H34ClN6O2+. The van der Waals surface area contributed by atoms with Crippen LogP contribution in [0.3, 0.4) is 0 Å². The molecule has 1 aromatic heterocycles. The van der Waals surface area contributed by atoms with Crippen LogP contribution in [0, 0.1) is 5.92 Å². The number of amidine groups is 1. The van der Waals surface area contributed by atoms with Crippen molar-refractivity contribution in [3.8, 4) is 11.3 Å². The number of pyridine rings is 1. The zero-order chi connectivity index (χ0) is 31.1. The predicted octanol–water partition coefficient (Wildman–Crippen LogP) is 7.13. The molecule has 0 radical (unpaired) electrons. The van der Waals surface area contributed by atoms with Crippen molar-refractivity contribution >= 4 is 40.8 Å². The Morgan fingerprint density at radius 3 is 2.41 bits per heavy atom. The second kappa shape index (κ2) is 11.9. The van der Waals surface area contributed by atoms with Gasteiger partial charge in [-0.2, -0.15) is 4.99 Å². The van der Waals surface area contributed by atoms with Crippen LogP contribution < -0.4 is 0 Å². The highest BCUT2D eigenvalue weighted by molar-refractivity contribution is 6.20. The van der Waals surface area contributed by atoms with E-state index < -0.39 is 0 Å². The molecule has 9 heteroatoms. The number of carbonyl (C=O) groups excluding carboxylic acids is 1. The number of piperazine rings is 1. The molecule has 1 unspecified atom stereocenters. The molecule has 2 fully saturated rings. The summed E-state index contributed by atoms with van der Waals surface area (Å²) in [5.41, 5.74) is 6.79. The highest BCUT2D eigenvalue weighted by Gasteiger charge is 2.50. The number of hydrogen-bond donors (Lipinski definition) is 0. The Balaban J connectivity index is 0.952. The summed E-state index contributed by atoms with van der Waals surface area (Å²) in [7, 11) is 0. The molecule has 3 aromatic carbocycles. The number of halogens is 1. The molecule has 46 heavy (non-hydrogen) atoms. The lowest BCUT2D eigenvalue weighted by atomic mass is 9.76. The molecule has 230 valence electrons. The number of benzene rings is 3. The van der Waals surface area contributed by atoms with Gasteiger partial charge in [0.15, 0.2) is 11.8 Å². The number of aliphatic imine (C=N–C) groups is 2. The largest absolute Gasteiger partial charge is 0.445 e. The van der Waals surface area contributed by atoms with Crippen LogP contribution in [0.2, 0.25) is 0 Å². The van der Waals surface area contributed by atoms with Crippen molar-refractivity contribution < 1.29 is 13.5 Å². The van der Waals surface area contributed by atoms with Gasteiger partial charge in [-0.25, -0.2) is 9.78 Å². The first kappa shape index (κ1) is 28.8. The number of amides is 1. The molecule has 1 aliphatic carbocycles. The number of nitrogens with zero attached hydrogens (tertiary/aromatic N) is 6. The highest BCUT2D eigenvalue weighted by atomic mass is 35.5. The van der Waals surface area contributed by atoms with E-state index >= 15 is 0 Å². The molecule has 0 N–H and O–H groups in total. The topological polar surface area (TPSA) is 70.4 Å². The first-order valence-electron chi connectivity index (χ1n) is 15.8. The van der Waals surface area contributed by atoms with Crippen molar-refractivity contribution in [2.75, 3.05) is 26.2 Å². The fourth-order valence-electron chi connectivity index (χ4n) is 6.84. The van der Waals surface area contributed by atoms with Crippen LogP contribution in [-0.2, 0) is 11.3 Å². The van der Waals surface area contributed by atoms with Crippen LogP contribution in [-0.4, -0.2) is 69.2 Å². The van der Waals surface area contributed by atoms with Crippen LogP contribution >= 0.6 is 11.8 Å². The summed E-state index contributed by atoms with van der Waals surface area (Å²) in [5, 5.41) is 1.07. The van der Waals surface area contributed by atoms with E-state index in [1.54, 1.807) is 6.20 Å². The summed E-state index contributed by atoms with van der Waals surface area (Å²) in [6.45, 7) is 3.33. The first-order valence-corrected chi connectivity index (χ1v) is 16.2. The van der Waals surface area contributed by atoms with Crippen molar-refractivity contribution in [1.82, 2.24) is 14.8 Å². The fourth-order valence-corrected chi connectivity index (χ4v) is 7.15. The van der Waals surface area contributed by atoms with Crippen LogP contribution in [0.25, 0.3) is 22.2 Å². The van der Waals surface area contributed by atoms with Crippen molar-refractivity contribution in [3.05, 3.63) is 126 Å². The lowest BCUT2D eigenvalue weighted by Crippen LogP contribution is -2.55. The maximum Gasteiger partial charge on any atom is 0.410 e. The number of carbonyl (C=O) groups is 1. The van der Waals surface area contributed by atoms with E-state index in [0.29, 0.717) is 31.7 Å². The zero-order valence-electron chi connectivity index (χ0n) is 25.4. The predicted molar refractivity (Wildman–Crippen MR) is 181 cm³/mol. The maximum atomic E-state index is 12.7. The Kier molecular flexibility index (Phi) is 7.48. The van der Waals surface area contributed by atoms with Crippen molar-refractivity contribution in [2.45, 2.75) is 25.5 Å². The van der Waals surface area contributed by atoms with Gasteiger partial charge in [0.2, 0.25) is 5.70 Å². The molecule has 4 aliphatic rings. The van der Waals surface area contributed by atoms with E-state index in [4.69, 9.17) is 26.5 Å². The monoisotopic (exact) mass is 629 g/mol. The van der Waals surface area contributed by atoms with Gasteiger partial charge >= 0.3 is 6.09 Å². The Morgan fingerprint density at radius 1 is 0.891 bits per heavy atom. The van der Waals surface area contributed by atoms with Crippen LogP contribution in [0.1, 0.15) is 24.0 Å². The molecule has 1 saturated carbocycles. The summed E-state index contributed by atoms with van der Waals surface area (Å²) in [6.07, 6.45) is 7.27. The highest BCUT2D eigenvalue weighted by Crippen LogP contribution is 2.46. The van der Waals surface area contributed by atoms with Gasteiger partial charge < -0.3 is 9.64 Å². The molecule has 4 aromatic rings. The molecule has 1 atom stereocenters. The number of rotatable bonds is 6. The molecule has 1 saturated heterocycles. The second-order valence-corrected chi connectivity index (χ2v) is 12.8. The summed E-state index contributed by atoms with van der Waals surface area (Å²) in [4.78, 5) is 31.6. The van der Waals surface area contributed by atoms with E-state index in [1.165, 1.54) is 0 Å². The van der Waals surface area contributed by atoms with E-state index in [2.05, 4.69) is 52.4 Å². The van der Waals surface area contributed by atoms with Crippen LogP contribution in [0.15, 0.2) is 125 Å². The van der Waals surface area contributed by atoms with Gasteiger partial charge in [0.1, 0.15) is 18.5 Å². The van der Waals surface area contributed by atoms with E-state index in [9.17, 15) is 4.79 Å². The Hall–Kier alpha value is -4.63. The van der Waals surface area contributed by atoms with Gasteiger partial charge in [-0.3, -0.25) is 9.89 Å². The van der Waals surface area contributed by atoms with Gasteiger partial charge in [-0.1, -0.05) is 72.8 Å². The minimum Gasteiger partial charge on any atom is -0.445 e. The molecule has 1 amide bonds. The summed E-state index contributed by atoms with van der Waals surface area (Å²) in [5.74, 6) is 1.07. The Labute approximate surface area is 273 Å². The number of hydrogen-bond acceptors (Lipinski definition) is 6. The van der Waals surface area contributed by atoms with Gasteiger partial charge in [0, 0.05) is 49.1 Å². The normalized spacial score (nSPS) is 24.1. The van der Waals surface area contributed by atoms with Gasteiger partial charge in [-0.05, 0) is 36.6 Å². The average molecular weight is 630 g/mol. The quantitative estimate of drug-likeness (QED) is 0.213. The number of ether oxygens (including phenoxy) is 1. The Morgan fingerprint density at radius 2 is 1.63 bits per heavy atom. The molecule has 0 bridgehead atoms. The second-order valence-electron chi connectivity index (χ2n) is 12.3. The maximum absolute atomic E-state index is 12.7. The molecule has 0 spiro atoms. The van der Waals surface area contributed by atoms with E-state index in [0.717, 1.165) is 76.4 Å². The van der Waals surface area contributed by atoms with E-state index in [1.807, 2.05) is 65.8 Å². The minimum atomic E-state index is -0.240. The summed E-state index contributed by atoms with van der Waals surface area (Å²) in [6, 6.07) is 30.9. The van der Waals surface area contributed by atoms with E-state index in [-0.39, 0.29) is 10.1 Å². The molecule has 3 aliphatic heterocycles. The minimum absolute atomic E-state index is 0.0202. The molecule has 8 nitrogen and oxygen atoms in total. The lowest BCUT2D eigenvalue weighted by Gasteiger charge is -2.46. The molecule has 8 rings (SSSR count). The Bertz CT molecular complexity index is 1910. The lowest BCUT2D eigenvalue weighted by molar-refractivity contribution is -0.600. The van der Waals surface area contributed by atoms with Crippen molar-refractivity contribution in [3.63, 3.8) is 0 Å². The molecular weight excluding hydrogens is 596 g/mol. The number of aromatic nitrogens is 1. The average Bonchev–Trinajstić information content (AvgIpc) is 3.39. The standard InChI is InChI=1S/C37H34ClN6O2/c38-44-20-15-39-24-34(44)35(41-36(44)29-12-11-28-13-14-32(40-33(28)23-29)27-9-5-2-6-10-27)30-21-31(22-30)42-16-18-43(19-17-42)37(45)46-25-26-7-3-1-4-8-26/h1-15,20,23-24,30-31H,16-19,21-22,25H2/q+1. The van der Waals surface area contributed by atoms with Crippen LogP contribution in [0.5, 0.6) is 0 Å². The van der Waals surface area contributed by atoms with Crippen LogP contribution in [0.4, 0.5) is 4.79 Å². The fraction of sp³-hybridized carbons (Fsp3) is 0.243. The third kappa shape index (κ3) is 5.32. The SMILES string of the molecule is O=C(OCc1ccccc1)N1CCN(C2CC(C3=C4C=NC=C[N+]4(Cl)C(c4ccc5ccc(-c6ccccc6)nc5c4)=N3)C2)CC1.